The molecular weight excluding hydrogens is 498 g/mol. The Labute approximate surface area is 235 Å². The molecule has 2 aliphatic rings. The normalized spacial score (nSPS) is 42.1. The third-order valence-corrected chi connectivity index (χ3v) is 8.51. The smallest absolute Gasteiger partial charge is 0.308 e. The van der Waals surface area contributed by atoms with E-state index in [1.54, 1.807) is 6.08 Å². The number of aliphatic hydroxyl groups is 2. The number of nitrogens with zero attached hydrogens (tertiary/aromatic N) is 1. The van der Waals surface area contributed by atoms with Crippen LogP contribution >= 0.6 is 0 Å². The Morgan fingerprint density at radius 1 is 1.03 bits per heavy atom. The number of carbonyl (C=O) groups excluding carboxylic acids is 2. The summed E-state index contributed by atoms with van der Waals surface area (Å²) in [5.41, 5.74) is 0.930. The van der Waals surface area contributed by atoms with Gasteiger partial charge in [0.2, 0.25) is 0 Å². The Kier molecular flexibility index (Phi) is 13.3. The maximum atomic E-state index is 13.1. The summed E-state index contributed by atoms with van der Waals surface area (Å²) >= 11 is 0. The van der Waals surface area contributed by atoms with Crippen LogP contribution in [0.5, 0.6) is 0 Å². The lowest BCUT2D eigenvalue weighted by Crippen LogP contribution is -2.56. The molecular formula is C31H53NO7. The molecule has 0 aromatic rings. The average molecular weight is 552 g/mol. The fraction of sp³-hybridized carbons (Fsp3) is 0.806. The third kappa shape index (κ3) is 9.49. The first-order valence-corrected chi connectivity index (χ1v) is 14.7. The van der Waals surface area contributed by atoms with Crippen LogP contribution in [0.15, 0.2) is 23.8 Å². The molecule has 0 amide bonds. The van der Waals surface area contributed by atoms with Crippen molar-refractivity contribution in [1.82, 2.24) is 4.90 Å². The van der Waals surface area contributed by atoms with E-state index in [4.69, 9.17) is 14.2 Å². The Balaban J connectivity index is 2.43. The van der Waals surface area contributed by atoms with E-state index < -0.39 is 36.5 Å². The van der Waals surface area contributed by atoms with E-state index in [0.29, 0.717) is 25.7 Å². The van der Waals surface area contributed by atoms with Crippen molar-refractivity contribution in [2.75, 3.05) is 14.1 Å². The predicted molar refractivity (Wildman–Crippen MR) is 152 cm³/mol. The maximum absolute atomic E-state index is 13.1. The minimum Gasteiger partial charge on any atom is -0.462 e. The number of hydrogen-bond acceptors (Lipinski definition) is 8. The molecule has 8 nitrogen and oxygen atoms in total. The van der Waals surface area contributed by atoms with Crippen LogP contribution in [0.1, 0.15) is 80.6 Å². The fourth-order valence-corrected chi connectivity index (χ4v) is 5.89. The van der Waals surface area contributed by atoms with E-state index in [9.17, 15) is 19.8 Å². The van der Waals surface area contributed by atoms with Crippen molar-refractivity contribution in [2.45, 2.75) is 123 Å². The predicted octanol–water partition coefficient (Wildman–Crippen LogP) is 4.28. The summed E-state index contributed by atoms with van der Waals surface area (Å²) in [6.07, 6.45) is 4.02. The zero-order chi connectivity index (χ0) is 29.4. The highest BCUT2D eigenvalue weighted by Crippen LogP contribution is 2.34. The summed E-state index contributed by atoms with van der Waals surface area (Å²) in [4.78, 5) is 28.0. The highest BCUT2D eigenvalue weighted by molar-refractivity contribution is 5.91. The molecule has 11 atom stereocenters. The van der Waals surface area contributed by atoms with E-state index >= 15 is 0 Å². The number of allylic oxidation sites excluding steroid dienone is 3. The monoisotopic (exact) mass is 551 g/mol. The average Bonchev–Trinajstić information content (AvgIpc) is 2.87. The van der Waals surface area contributed by atoms with Crippen molar-refractivity contribution < 1.29 is 34.0 Å². The van der Waals surface area contributed by atoms with Crippen molar-refractivity contribution in [3.8, 4) is 0 Å². The van der Waals surface area contributed by atoms with Gasteiger partial charge in [0.25, 0.3) is 0 Å². The molecule has 2 N–H and O–H groups in total. The molecule has 0 radical (unpaired) electrons. The van der Waals surface area contributed by atoms with E-state index in [-0.39, 0.29) is 48.2 Å². The second-order valence-electron chi connectivity index (χ2n) is 12.1. The van der Waals surface area contributed by atoms with Crippen LogP contribution in [0.3, 0.4) is 0 Å². The molecule has 2 rings (SSSR count). The summed E-state index contributed by atoms with van der Waals surface area (Å²) < 4.78 is 18.4. The molecule has 1 fully saturated rings. The van der Waals surface area contributed by atoms with Crippen molar-refractivity contribution in [3.05, 3.63) is 23.8 Å². The largest absolute Gasteiger partial charge is 0.462 e. The Hall–Kier alpha value is -1.58. The Bertz CT molecular complexity index is 856. The second kappa shape index (κ2) is 15.4. The molecule has 0 aliphatic carbocycles. The van der Waals surface area contributed by atoms with Crippen LogP contribution in [-0.2, 0) is 23.8 Å². The lowest BCUT2D eigenvalue weighted by Gasteiger charge is -2.44. The molecule has 0 bridgehead atoms. The number of rotatable bonds is 5. The first-order chi connectivity index (χ1) is 18.3. The number of ketones is 1. The quantitative estimate of drug-likeness (QED) is 0.488. The van der Waals surface area contributed by atoms with Gasteiger partial charge in [0.1, 0.15) is 12.2 Å². The summed E-state index contributed by atoms with van der Waals surface area (Å²) in [5.74, 6) is -1.32. The van der Waals surface area contributed by atoms with Crippen molar-refractivity contribution in [3.63, 3.8) is 0 Å². The number of esters is 1. The zero-order valence-corrected chi connectivity index (χ0v) is 25.5. The molecule has 0 aromatic carbocycles. The van der Waals surface area contributed by atoms with Crippen LogP contribution in [0.4, 0.5) is 0 Å². The summed E-state index contributed by atoms with van der Waals surface area (Å²) in [5, 5.41) is 22.4. The van der Waals surface area contributed by atoms with Crippen molar-refractivity contribution in [1.29, 1.82) is 0 Å². The molecule has 0 spiro atoms. The third-order valence-electron chi connectivity index (χ3n) is 8.51. The Morgan fingerprint density at radius 3 is 2.28 bits per heavy atom. The summed E-state index contributed by atoms with van der Waals surface area (Å²) in [6, 6.07) is -0.143. The molecule has 2 aliphatic heterocycles. The number of likely N-dealkylation sites (N-methyl/N-ethyl adjacent to an activating group) is 1. The van der Waals surface area contributed by atoms with E-state index in [0.717, 1.165) is 5.57 Å². The molecule has 0 aromatic heterocycles. The van der Waals surface area contributed by atoms with Crippen LogP contribution in [0.2, 0.25) is 0 Å². The van der Waals surface area contributed by atoms with E-state index in [2.05, 4.69) is 0 Å². The first kappa shape index (κ1) is 33.6. The number of carbonyl (C=O) groups is 2. The lowest BCUT2D eigenvalue weighted by atomic mass is 9.80. The van der Waals surface area contributed by atoms with Gasteiger partial charge < -0.3 is 29.3 Å². The van der Waals surface area contributed by atoms with Crippen LogP contribution < -0.4 is 0 Å². The van der Waals surface area contributed by atoms with Crippen molar-refractivity contribution in [2.24, 2.45) is 23.7 Å². The van der Waals surface area contributed by atoms with Gasteiger partial charge in [-0.15, -0.1) is 0 Å². The van der Waals surface area contributed by atoms with Gasteiger partial charge >= 0.3 is 5.97 Å². The molecule has 0 saturated carbocycles. The highest BCUT2D eigenvalue weighted by Gasteiger charge is 2.43. The minimum atomic E-state index is -1.02. The SMILES string of the molecule is CC[C@H]1C[C@@H](C)C(=O)/C=C/C(C)=C/[C@H](C)[C@@H](CC)OC(=O)C[C@@H](O)[C@H](C)[C@H]1O[C@H]1O[C@H](C)C[C@H](N(C)C)[C@H]1O. The lowest BCUT2D eigenvalue weighted by molar-refractivity contribution is -0.283. The number of ether oxygens (including phenoxy) is 3. The first-order valence-electron chi connectivity index (χ1n) is 14.7. The zero-order valence-electron chi connectivity index (χ0n) is 25.5. The van der Waals surface area contributed by atoms with Gasteiger partial charge in [0.05, 0.1) is 24.7 Å². The Morgan fingerprint density at radius 2 is 1.69 bits per heavy atom. The second-order valence-corrected chi connectivity index (χ2v) is 12.1. The molecule has 1 saturated heterocycles. The molecule has 2 heterocycles. The molecule has 224 valence electrons. The maximum Gasteiger partial charge on any atom is 0.308 e. The number of hydrogen-bond donors (Lipinski definition) is 2. The summed E-state index contributed by atoms with van der Waals surface area (Å²) in [6.45, 7) is 13.6. The van der Waals surface area contributed by atoms with Gasteiger partial charge in [-0.1, -0.05) is 58.8 Å². The molecule has 39 heavy (non-hydrogen) atoms. The van der Waals surface area contributed by atoms with Gasteiger partial charge in [0.15, 0.2) is 12.1 Å². The number of aliphatic hydroxyl groups excluding tert-OH is 2. The van der Waals surface area contributed by atoms with Gasteiger partial charge in [-0.3, -0.25) is 9.59 Å². The van der Waals surface area contributed by atoms with Crippen LogP contribution in [0.25, 0.3) is 0 Å². The van der Waals surface area contributed by atoms with Gasteiger partial charge in [-0.2, -0.15) is 0 Å². The van der Waals surface area contributed by atoms with Crippen molar-refractivity contribution >= 4 is 11.8 Å². The molecule has 8 heteroatoms. The molecule has 0 unspecified atom stereocenters. The van der Waals surface area contributed by atoms with Crippen LogP contribution in [0, 0.1) is 23.7 Å². The van der Waals surface area contributed by atoms with E-state index in [1.165, 1.54) is 0 Å². The highest BCUT2D eigenvalue weighted by atomic mass is 16.7. The van der Waals surface area contributed by atoms with Gasteiger partial charge in [-0.25, -0.2) is 0 Å². The van der Waals surface area contributed by atoms with Crippen LogP contribution in [-0.4, -0.2) is 83.8 Å². The topological polar surface area (TPSA) is 106 Å². The number of cyclic esters (lactones) is 1. The van der Waals surface area contributed by atoms with Gasteiger partial charge in [-0.05, 0) is 59.2 Å². The summed E-state index contributed by atoms with van der Waals surface area (Å²) in [7, 11) is 3.84. The van der Waals surface area contributed by atoms with E-state index in [1.807, 2.05) is 79.6 Å². The van der Waals surface area contributed by atoms with Gasteiger partial charge in [0, 0.05) is 23.8 Å². The fourth-order valence-electron chi connectivity index (χ4n) is 5.89. The minimum absolute atomic E-state index is 0.0293. The standard InChI is InChI=1S/C31H53NO7/c1-10-23-15-19(4)25(33)13-12-18(3)14-20(5)27(11-2)38-28(35)17-26(34)22(7)30(23)39-31-29(36)24(32(8)9)16-21(6)37-31/h12-14,19-24,26-27,29-31,34,36H,10-11,15-17H2,1-9H3/b13-12+,18-14+/t19-,20+,21-,22+,23+,24+,26-,27-,29-,30-,31-/m1/s1.